The lowest BCUT2D eigenvalue weighted by Crippen LogP contribution is -2.48. The molecule has 0 saturated carbocycles. The lowest BCUT2D eigenvalue weighted by atomic mass is 10.2. The molecule has 1 fully saturated rings. The molecule has 1 aliphatic heterocycles. The summed E-state index contributed by atoms with van der Waals surface area (Å²) < 4.78 is 0. The molecule has 16 heavy (non-hydrogen) atoms. The van der Waals surface area contributed by atoms with E-state index in [2.05, 4.69) is 28.8 Å². The summed E-state index contributed by atoms with van der Waals surface area (Å²) in [6, 6.07) is 0. The quantitative estimate of drug-likeness (QED) is 0.619. The number of likely N-dealkylation sites (N-methyl/N-ethyl adjacent to an activating group) is 1. The Morgan fingerprint density at radius 2 is 1.50 bits per heavy atom. The second-order valence-electron chi connectivity index (χ2n) is 4.92. The van der Waals surface area contributed by atoms with Crippen LogP contribution in [0.25, 0.3) is 0 Å². The molecular weight excluding hydrogens is 202 g/mol. The monoisotopic (exact) mass is 229 g/mol. The van der Waals surface area contributed by atoms with Crippen LogP contribution in [0.1, 0.15) is 12.8 Å². The first-order valence-corrected chi connectivity index (χ1v) is 6.42. The van der Waals surface area contributed by atoms with Gasteiger partial charge in [0.15, 0.2) is 0 Å². The van der Waals surface area contributed by atoms with E-state index in [0.29, 0.717) is 6.61 Å². The van der Waals surface area contributed by atoms with Crippen LogP contribution >= 0.6 is 0 Å². The van der Waals surface area contributed by atoms with E-state index < -0.39 is 0 Å². The van der Waals surface area contributed by atoms with Crippen molar-refractivity contribution in [2.75, 3.05) is 66.5 Å². The van der Waals surface area contributed by atoms with Crippen LogP contribution in [0.2, 0.25) is 0 Å². The molecule has 1 N–H and O–H groups in total. The first-order chi connectivity index (χ1) is 7.72. The Morgan fingerprint density at radius 1 is 0.938 bits per heavy atom. The van der Waals surface area contributed by atoms with Crippen molar-refractivity contribution in [3.63, 3.8) is 0 Å². The molecule has 0 bridgehead atoms. The number of rotatable bonds is 7. The lowest BCUT2D eigenvalue weighted by molar-refractivity contribution is 0.122. The number of hydrogen-bond acceptors (Lipinski definition) is 4. The Labute approximate surface area is 99.8 Å². The van der Waals surface area contributed by atoms with Crippen molar-refractivity contribution < 1.29 is 5.11 Å². The highest BCUT2D eigenvalue weighted by Gasteiger charge is 2.15. The third-order valence-corrected chi connectivity index (χ3v) is 3.21. The van der Waals surface area contributed by atoms with Gasteiger partial charge in [0.2, 0.25) is 0 Å². The Bertz CT molecular complexity index is 168. The van der Waals surface area contributed by atoms with Crippen LogP contribution in [0, 0.1) is 0 Å². The molecule has 0 aromatic carbocycles. The number of hydrogen-bond donors (Lipinski definition) is 1. The molecule has 0 spiro atoms. The average Bonchev–Trinajstić information content (AvgIpc) is 2.28. The van der Waals surface area contributed by atoms with E-state index in [-0.39, 0.29) is 0 Å². The fourth-order valence-electron chi connectivity index (χ4n) is 2.03. The number of piperazine rings is 1. The molecule has 0 atom stereocenters. The van der Waals surface area contributed by atoms with Crippen molar-refractivity contribution in [3.05, 3.63) is 0 Å². The summed E-state index contributed by atoms with van der Waals surface area (Å²) in [5.41, 5.74) is 0. The minimum absolute atomic E-state index is 0.336. The third kappa shape index (κ3) is 5.80. The lowest BCUT2D eigenvalue weighted by Gasteiger charge is -2.35. The molecule has 1 saturated heterocycles. The van der Waals surface area contributed by atoms with Gasteiger partial charge in [-0.25, -0.2) is 0 Å². The first kappa shape index (κ1) is 13.9. The smallest absolute Gasteiger partial charge is 0.0431 e. The fraction of sp³-hybridized carbons (Fsp3) is 1.00. The van der Waals surface area contributed by atoms with E-state index in [0.717, 1.165) is 25.9 Å². The number of unbranched alkanes of at least 4 members (excludes halogenated alkanes) is 1. The van der Waals surface area contributed by atoms with Gasteiger partial charge in [0.05, 0.1) is 0 Å². The summed E-state index contributed by atoms with van der Waals surface area (Å²) in [6.45, 7) is 8.63. The van der Waals surface area contributed by atoms with E-state index in [9.17, 15) is 0 Å². The van der Waals surface area contributed by atoms with E-state index in [1.165, 1.54) is 32.7 Å². The van der Waals surface area contributed by atoms with Crippen molar-refractivity contribution in [1.82, 2.24) is 14.7 Å². The van der Waals surface area contributed by atoms with Crippen LogP contribution in [0.4, 0.5) is 0 Å². The van der Waals surface area contributed by atoms with Crippen molar-refractivity contribution >= 4 is 0 Å². The van der Waals surface area contributed by atoms with Gasteiger partial charge in [0, 0.05) is 45.9 Å². The van der Waals surface area contributed by atoms with Gasteiger partial charge in [-0.3, -0.25) is 4.90 Å². The van der Waals surface area contributed by atoms with Gasteiger partial charge < -0.3 is 14.9 Å². The van der Waals surface area contributed by atoms with Crippen molar-refractivity contribution in [3.8, 4) is 0 Å². The molecule has 1 rings (SSSR count). The molecule has 1 heterocycles. The second-order valence-corrected chi connectivity index (χ2v) is 4.92. The summed E-state index contributed by atoms with van der Waals surface area (Å²) in [4.78, 5) is 7.30. The Balaban J connectivity index is 2.04. The molecule has 0 amide bonds. The van der Waals surface area contributed by atoms with Gasteiger partial charge in [-0.1, -0.05) is 0 Å². The standard InChI is InChI=1S/C12H27N3O/c1-13(2)6-7-15-10-8-14(9-11-15)5-3-4-12-16/h16H,3-12H2,1-2H3. The van der Waals surface area contributed by atoms with Crippen LogP contribution in [0.5, 0.6) is 0 Å². The predicted octanol–water partition coefficient (Wildman–Crippen LogP) is -0.0619. The normalized spacial score (nSPS) is 19.5. The van der Waals surface area contributed by atoms with Crippen LogP contribution in [-0.2, 0) is 0 Å². The van der Waals surface area contributed by atoms with Crippen molar-refractivity contribution in [2.45, 2.75) is 12.8 Å². The average molecular weight is 229 g/mol. The van der Waals surface area contributed by atoms with E-state index in [1.807, 2.05) is 0 Å². The zero-order valence-corrected chi connectivity index (χ0v) is 10.9. The fourth-order valence-corrected chi connectivity index (χ4v) is 2.03. The highest BCUT2D eigenvalue weighted by Crippen LogP contribution is 2.03. The molecule has 0 radical (unpaired) electrons. The molecule has 0 aromatic heterocycles. The third-order valence-electron chi connectivity index (χ3n) is 3.21. The predicted molar refractivity (Wildman–Crippen MR) is 67.8 cm³/mol. The second kappa shape index (κ2) is 8.01. The molecule has 0 aromatic rings. The molecule has 96 valence electrons. The summed E-state index contributed by atoms with van der Waals surface area (Å²) in [5.74, 6) is 0. The SMILES string of the molecule is CN(C)CCN1CCN(CCCCO)CC1. The zero-order valence-electron chi connectivity index (χ0n) is 10.9. The Morgan fingerprint density at radius 3 is 2.00 bits per heavy atom. The van der Waals surface area contributed by atoms with Gasteiger partial charge in [0.25, 0.3) is 0 Å². The van der Waals surface area contributed by atoms with Gasteiger partial charge >= 0.3 is 0 Å². The van der Waals surface area contributed by atoms with Crippen LogP contribution in [0.3, 0.4) is 0 Å². The highest BCUT2D eigenvalue weighted by atomic mass is 16.2. The van der Waals surface area contributed by atoms with E-state index >= 15 is 0 Å². The van der Waals surface area contributed by atoms with Crippen molar-refractivity contribution in [2.24, 2.45) is 0 Å². The van der Waals surface area contributed by atoms with Crippen LogP contribution in [0.15, 0.2) is 0 Å². The molecule has 4 nitrogen and oxygen atoms in total. The summed E-state index contributed by atoms with van der Waals surface area (Å²) in [7, 11) is 4.26. The summed E-state index contributed by atoms with van der Waals surface area (Å²) >= 11 is 0. The van der Waals surface area contributed by atoms with Crippen molar-refractivity contribution in [1.29, 1.82) is 0 Å². The Hall–Kier alpha value is -0.160. The maximum absolute atomic E-state index is 8.73. The summed E-state index contributed by atoms with van der Waals surface area (Å²) in [5, 5.41) is 8.73. The van der Waals surface area contributed by atoms with Crippen LogP contribution < -0.4 is 0 Å². The minimum Gasteiger partial charge on any atom is -0.396 e. The molecule has 1 aliphatic rings. The summed E-state index contributed by atoms with van der Waals surface area (Å²) in [6.07, 6.45) is 2.08. The number of aliphatic hydroxyl groups is 1. The maximum Gasteiger partial charge on any atom is 0.0431 e. The molecule has 0 unspecified atom stereocenters. The topological polar surface area (TPSA) is 30.0 Å². The van der Waals surface area contributed by atoms with Gasteiger partial charge in [0.1, 0.15) is 0 Å². The van der Waals surface area contributed by atoms with Gasteiger partial charge in [-0.2, -0.15) is 0 Å². The molecular formula is C12H27N3O. The maximum atomic E-state index is 8.73. The van der Waals surface area contributed by atoms with Gasteiger partial charge in [-0.15, -0.1) is 0 Å². The van der Waals surface area contributed by atoms with Crippen LogP contribution in [-0.4, -0.2) is 86.3 Å². The number of nitrogens with zero attached hydrogens (tertiary/aromatic N) is 3. The largest absolute Gasteiger partial charge is 0.396 e. The molecule has 4 heteroatoms. The first-order valence-electron chi connectivity index (χ1n) is 6.42. The Kier molecular flexibility index (Phi) is 6.96. The zero-order chi connectivity index (χ0) is 11.8. The van der Waals surface area contributed by atoms with E-state index in [1.54, 1.807) is 0 Å². The minimum atomic E-state index is 0.336. The molecule has 0 aliphatic carbocycles. The number of aliphatic hydroxyl groups excluding tert-OH is 1. The highest BCUT2D eigenvalue weighted by molar-refractivity contribution is 4.72. The van der Waals surface area contributed by atoms with E-state index in [4.69, 9.17) is 5.11 Å². The van der Waals surface area contributed by atoms with Gasteiger partial charge in [-0.05, 0) is 33.5 Å².